The third-order valence-corrected chi connectivity index (χ3v) is 5.02. The molecule has 0 aliphatic heterocycles. The second kappa shape index (κ2) is 8.64. The quantitative estimate of drug-likeness (QED) is 0.748. The van der Waals surface area contributed by atoms with E-state index in [4.69, 9.17) is 4.74 Å². The fraction of sp³-hybridized carbons (Fsp3) is 0.278. The number of sulfonamides is 1. The van der Waals surface area contributed by atoms with Crippen molar-refractivity contribution in [3.63, 3.8) is 0 Å². The van der Waals surface area contributed by atoms with E-state index in [1.165, 1.54) is 6.07 Å². The van der Waals surface area contributed by atoms with Gasteiger partial charge in [-0.2, -0.15) is 0 Å². The standard InChI is InChI=1S/C18H22N2O4S/c1-14-4-3-5-17(12-14)25(22,23)20-13-18(21)19-11-10-15-6-8-16(24-2)9-7-15/h3-9,12,20H,10-11,13H2,1-2H3,(H,19,21). The number of benzene rings is 2. The summed E-state index contributed by atoms with van der Waals surface area (Å²) in [4.78, 5) is 12.0. The van der Waals surface area contributed by atoms with E-state index in [0.29, 0.717) is 13.0 Å². The summed E-state index contributed by atoms with van der Waals surface area (Å²) in [7, 11) is -2.08. The van der Waals surface area contributed by atoms with Crippen LogP contribution in [0.5, 0.6) is 5.75 Å². The molecule has 0 atom stereocenters. The average Bonchev–Trinajstić information content (AvgIpc) is 2.61. The monoisotopic (exact) mass is 362 g/mol. The van der Waals surface area contributed by atoms with Crippen molar-refractivity contribution in [2.45, 2.75) is 18.2 Å². The lowest BCUT2D eigenvalue weighted by molar-refractivity contribution is -0.119. The molecule has 2 N–H and O–H groups in total. The zero-order valence-corrected chi connectivity index (χ0v) is 15.1. The molecule has 25 heavy (non-hydrogen) atoms. The van der Waals surface area contributed by atoms with E-state index in [9.17, 15) is 13.2 Å². The second-order valence-corrected chi connectivity index (χ2v) is 7.36. The molecule has 0 saturated heterocycles. The lowest BCUT2D eigenvalue weighted by Gasteiger charge is -2.09. The zero-order valence-electron chi connectivity index (χ0n) is 14.3. The van der Waals surface area contributed by atoms with Gasteiger partial charge in [-0.05, 0) is 48.7 Å². The number of ether oxygens (including phenoxy) is 1. The lowest BCUT2D eigenvalue weighted by Crippen LogP contribution is -2.37. The van der Waals surface area contributed by atoms with Crippen molar-refractivity contribution in [2.24, 2.45) is 0 Å². The Balaban J connectivity index is 1.78. The summed E-state index contributed by atoms with van der Waals surface area (Å²) in [6, 6.07) is 14.1. The van der Waals surface area contributed by atoms with Gasteiger partial charge in [0.1, 0.15) is 5.75 Å². The van der Waals surface area contributed by atoms with E-state index in [2.05, 4.69) is 10.0 Å². The fourth-order valence-electron chi connectivity index (χ4n) is 2.23. The van der Waals surface area contributed by atoms with Crippen LogP contribution < -0.4 is 14.8 Å². The highest BCUT2D eigenvalue weighted by Crippen LogP contribution is 2.11. The van der Waals surface area contributed by atoms with Crippen LogP contribution in [0.1, 0.15) is 11.1 Å². The maximum atomic E-state index is 12.1. The number of nitrogens with one attached hydrogen (secondary N) is 2. The molecule has 0 unspecified atom stereocenters. The Kier molecular flexibility index (Phi) is 6.55. The number of methoxy groups -OCH3 is 1. The topological polar surface area (TPSA) is 84.5 Å². The Morgan fingerprint density at radius 2 is 1.84 bits per heavy atom. The van der Waals surface area contributed by atoms with E-state index < -0.39 is 10.0 Å². The largest absolute Gasteiger partial charge is 0.497 e. The first-order valence-electron chi connectivity index (χ1n) is 7.87. The van der Waals surface area contributed by atoms with Crippen molar-refractivity contribution in [1.29, 1.82) is 0 Å². The van der Waals surface area contributed by atoms with Gasteiger partial charge in [-0.25, -0.2) is 13.1 Å². The molecule has 0 saturated carbocycles. The number of carbonyl (C=O) groups excluding carboxylic acids is 1. The van der Waals surface area contributed by atoms with Crippen LogP contribution >= 0.6 is 0 Å². The second-order valence-electron chi connectivity index (χ2n) is 5.59. The van der Waals surface area contributed by atoms with Crippen molar-refractivity contribution in [3.05, 3.63) is 59.7 Å². The first kappa shape index (κ1) is 19.0. The maximum Gasteiger partial charge on any atom is 0.241 e. The minimum Gasteiger partial charge on any atom is -0.497 e. The SMILES string of the molecule is COc1ccc(CCNC(=O)CNS(=O)(=O)c2cccc(C)c2)cc1. The number of carbonyl (C=O) groups is 1. The molecule has 0 aliphatic rings. The van der Waals surface area contributed by atoms with Gasteiger partial charge in [0.25, 0.3) is 0 Å². The molecule has 0 spiro atoms. The van der Waals surface area contributed by atoms with Gasteiger partial charge in [-0.15, -0.1) is 0 Å². The van der Waals surface area contributed by atoms with E-state index in [1.54, 1.807) is 19.2 Å². The van der Waals surface area contributed by atoms with Crippen molar-refractivity contribution in [1.82, 2.24) is 10.0 Å². The first-order valence-corrected chi connectivity index (χ1v) is 9.35. The highest BCUT2D eigenvalue weighted by atomic mass is 32.2. The molecule has 6 nitrogen and oxygen atoms in total. The van der Waals surface area contributed by atoms with Crippen LogP contribution in [0.15, 0.2) is 53.4 Å². The van der Waals surface area contributed by atoms with E-state index in [1.807, 2.05) is 37.3 Å². The van der Waals surface area contributed by atoms with Crippen molar-refractivity contribution < 1.29 is 17.9 Å². The predicted molar refractivity (Wildman–Crippen MR) is 96.1 cm³/mol. The molecular formula is C18H22N2O4S. The number of hydrogen-bond acceptors (Lipinski definition) is 4. The minimum absolute atomic E-state index is 0.151. The normalized spacial score (nSPS) is 11.1. The molecule has 0 heterocycles. The maximum absolute atomic E-state index is 12.1. The van der Waals surface area contributed by atoms with Crippen LogP contribution in [0.2, 0.25) is 0 Å². The van der Waals surface area contributed by atoms with Gasteiger partial charge in [0.2, 0.25) is 15.9 Å². The number of rotatable bonds is 8. The summed E-state index contributed by atoms with van der Waals surface area (Å²) in [5, 5.41) is 2.70. The molecule has 2 aromatic carbocycles. The Bertz CT molecular complexity index is 817. The molecule has 7 heteroatoms. The van der Waals surface area contributed by atoms with Gasteiger partial charge in [0, 0.05) is 6.54 Å². The molecule has 0 fully saturated rings. The van der Waals surface area contributed by atoms with Gasteiger partial charge in [0.05, 0.1) is 18.6 Å². The minimum atomic E-state index is -3.69. The van der Waals surface area contributed by atoms with Gasteiger partial charge < -0.3 is 10.1 Å². The highest BCUT2D eigenvalue weighted by Gasteiger charge is 2.15. The summed E-state index contributed by atoms with van der Waals surface area (Å²) in [6.45, 7) is 1.95. The molecule has 0 aromatic heterocycles. The van der Waals surface area contributed by atoms with Gasteiger partial charge in [-0.1, -0.05) is 24.3 Å². The van der Waals surface area contributed by atoms with Crippen molar-refractivity contribution in [3.8, 4) is 5.75 Å². The fourth-order valence-corrected chi connectivity index (χ4v) is 3.31. The Morgan fingerprint density at radius 3 is 2.48 bits per heavy atom. The van der Waals surface area contributed by atoms with E-state index in [0.717, 1.165) is 16.9 Å². The summed E-state index contributed by atoms with van der Waals surface area (Å²) in [6.07, 6.45) is 0.653. The predicted octanol–water partition coefficient (Wildman–Crippen LogP) is 1.64. The van der Waals surface area contributed by atoms with Gasteiger partial charge >= 0.3 is 0 Å². The first-order chi connectivity index (χ1) is 11.9. The average molecular weight is 362 g/mol. The molecular weight excluding hydrogens is 340 g/mol. The van der Waals surface area contributed by atoms with Crippen LogP contribution in [0.3, 0.4) is 0 Å². The molecule has 134 valence electrons. The zero-order chi connectivity index (χ0) is 18.3. The number of aryl methyl sites for hydroxylation is 1. The van der Waals surface area contributed by atoms with Crippen LogP contribution in [0.4, 0.5) is 0 Å². The van der Waals surface area contributed by atoms with E-state index >= 15 is 0 Å². The third-order valence-electron chi connectivity index (χ3n) is 3.62. The van der Waals surface area contributed by atoms with Crippen molar-refractivity contribution in [2.75, 3.05) is 20.2 Å². The molecule has 2 aromatic rings. The molecule has 0 aliphatic carbocycles. The Labute approximate surface area is 148 Å². The summed E-state index contributed by atoms with van der Waals surface area (Å²) in [5.74, 6) is 0.406. The van der Waals surface area contributed by atoms with Gasteiger partial charge in [0.15, 0.2) is 0 Å². The van der Waals surface area contributed by atoms with E-state index in [-0.39, 0.29) is 17.3 Å². The number of amides is 1. The Morgan fingerprint density at radius 1 is 1.12 bits per heavy atom. The van der Waals surface area contributed by atoms with Crippen molar-refractivity contribution >= 4 is 15.9 Å². The highest BCUT2D eigenvalue weighted by molar-refractivity contribution is 7.89. The van der Waals surface area contributed by atoms with Crippen LogP contribution in [0.25, 0.3) is 0 Å². The summed E-state index contributed by atoms with van der Waals surface area (Å²) in [5.41, 5.74) is 1.90. The summed E-state index contributed by atoms with van der Waals surface area (Å²) < 4.78 is 31.7. The molecule has 1 amide bonds. The van der Waals surface area contributed by atoms with Crippen LogP contribution in [0, 0.1) is 6.92 Å². The van der Waals surface area contributed by atoms with Gasteiger partial charge in [-0.3, -0.25) is 4.79 Å². The Hall–Kier alpha value is -2.38. The third kappa shape index (κ3) is 5.88. The molecule has 0 bridgehead atoms. The smallest absolute Gasteiger partial charge is 0.241 e. The van der Waals surface area contributed by atoms with Crippen LogP contribution in [-0.4, -0.2) is 34.5 Å². The molecule has 2 rings (SSSR count). The lowest BCUT2D eigenvalue weighted by atomic mass is 10.1. The number of hydrogen-bond donors (Lipinski definition) is 2. The van der Waals surface area contributed by atoms with Crippen LogP contribution in [-0.2, 0) is 21.2 Å². The molecule has 0 radical (unpaired) electrons. The summed E-state index contributed by atoms with van der Waals surface area (Å²) >= 11 is 0.